The van der Waals surface area contributed by atoms with Crippen molar-refractivity contribution in [2.45, 2.75) is 22.9 Å². The number of aliphatic hydroxyl groups excluding tert-OH is 1. The van der Waals surface area contributed by atoms with Crippen molar-refractivity contribution in [3.05, 3.63) is 88.9 Å². The molecule has 0 fully saturated rings. The zero-order valence-corrected chi connectivity index (χ0v) is 21.5. The van der Waals surface area contributed by atoms with E-state index in [-0.39, 0.29) is 19.7 Å². The van der Waals surface area contributed by atoms with E-state index in [9.17, 15) is 14.7 Å². The van der Waals surface area contributed by atoms with E-state index in [0.717, 1.165) is 16.0 Å². The van der Waals surface area contributed by atoms with E-state index < -0.39 is 23.4 Å². The first-order valence-electron chi connectivity index (χ1n) is 11.4. The molecule has 0 spiro atoms. The topological polar surface area (TPSA) is 79.3 Å². The Bertz CT molecular complexity index is 1210. The van der Waals surface area contributed by atoms with E-state index in [1.807, 2.05) is 42.5 Å². The number of benzene rings is 3. The highest BCUT2D eigenvalue weighted by atomic mass is 35.5. The van der Waals surface area contributed by atoms with E-state index in [0.29, 0.717) is 16.5 Å². The molecule has 3 aromatic carbocycles. The molecule has 1 N–H and O–H groups in total. The van der Waals surface area contributed by atoms with Crippen LogP contribution in [0, 0.1) is 0 Å². The highest BCUT2D eigenvalue weighted by Gasteiger charge is 2.37. The van der Waals surface area contributed by atoms with Crippen LogP contribution in [-0.2, 0) is 16.1 Å². The fraction of sp³-hybridized carbons (Fsp3) is 0.259. The van der Waals surface area contributed by atoms with Crippen LogP contribution in [-0.4, -0.2) is 55.4 Å². The molecule has 2 atom stereocenters. The standard InChI is InChI=1S/C27H27ClN2O5S/c1-29(27(33)35-17-18-6-4-3-5-7-18)14-15-30-22-13-10-20(28)16-23(22)36-25(24(31)26(30)32)19-8-11-21(34-2)12-9-19/h3-13,16,24-25,31H,14-15,17H2,1-2H3. The number of carbonyl (C=O) groups excluding carboxylic acids is 2. The monoisotopic (exact) mass is 526 g/mol. The van der Waals surface area contributed by atoms with Crippen LogP contribution >= 0.6 is 23.4 Å². The van der Waals surface area contributed by atoms with Gasteiger partial charge in [-0.25, -0.2) is 4.79 Å². The van der Waals surface area contributed by atoms with Crippen molar-refractivity contribution >= 4 is 41.1 Å². The van der Waals surface area contributed by atoms with Crippen LogP contribution in [0.15, 0.2) is 77.7 Å². The first kappa shape index (κ1) is 25.9. The van der Waals surface area contributed by atoms with E-state index in [2.05, 4.69) is 0 Å². The minimum Gasteiger partial charge on any atom is -0.497 e. The van der Waals surface area contributed by atoms with Gasteiger partial charge in [0.05, 0.1) is 18.0 Å². The molecular formula is C27H27ClN2O5S. The maximum Gasteiger partial charge on any atom is 0.409 e. The summed E-state index contributed by atoms with van der Waals surface area (Å²) in [5.41, 5.74) is 2.31. The maximum atomic E-state index is 13.5. The number of anilines is 1. The molecule has 36 heavy (non-hydrogen) atoms. The van der Waals surface area contributed by atoms with Gasteiger partial charge in [-0.15, -0.1) is 11.8 Å². The van der Waals surface area contributed by atoms with Crippen molar-refractivity contribution in [2.75, 3.05) is 32.1 Å². The Morgan fingerprint density at radius 3 is 2.53 bits per heavy atom. The first-order valence-corrected chi connectivity index (χ1v) is 12.6. The molecule has 1 aliphatic heterocycles. The van der Waals surface area contributed by atoms with Gasteiger partial charge in [-0.05, 0) is 41.5 Å². The molecule has 0 saturated carbocycles. The summed E-state index contributed by atoms with van der Waals surface area (Å²) in [6.45, 7) is 0.552. The van der Waals surface area contributed by atoms with E-state index >= 15 is 0 Å². The zero-order chi connectivity index (χ0) is 25.7. The number of likely N-dealkylation sites (N-methyl/N-ethyl adjacent to an activating group) is 1. The summed E-state index contributed by atoms with van der Waals surface area (Å²) in [5.74, 6) is 0.237. The van der Waals surface area contributed by atoms with Crippen molar-refractivity contribution < 1.29 is 24.2 Å². The molecule has 1 aliphatic rings. The van der Waals surface area contributed by atoms with Gasteiger partial charge in [-0.1, -0.05) is 54.1 Å². The molecule has 0 saturated heterocycles. The van der Waals surface area contributed by atoms with E-state index in [1.165, 1.54) is 21.6 Å². The number of carbonyl (C=O) groups is 2. The van der Waals surface area contributed by atoms with Gasteiger partial charge in [-0.2, -0.15) is 0 Å². The SMILES string of the molecule is COc1ccc(C2Sc3cc(Cl)ccc3N(CCN(C)C(=O)OCc3ccccc3)C(=O)C2O)cc1. The second-order valence-corrected chi connectivity index (χ2v) is 9.94. The highest BCUT2D eigenvalue weighted by molar-refractivity contribution is 7.99. The first-order chi connectivity index (χ1) is 17.4. The summed E-state index contributed by atoms with van der Waals surface area (Å²) in [6, 6.07) is 21.9. The molecule has 0 aromatic heterocycles. The molecule has 4 rings (SSSR count). The van der Waals surface area contributed by atoms with Crippen LogP contribution in [0.3, 0.4) is 0 Å². The quantitative estimate of drug-likeness (QED) is 0.458. The van der Waals surface area contributed by atoms with Crippen LogP contribution in [0.1, 0.15) is 16.4 Å². The molecule has 2 unspecified atom stereocenters. The number of methoxy groups -OCH3 is 1. The lowest BCUT2D eigenvalue weighted by atomic mass is 10.1. The van der Waals surface area contributed by atoms with Crippen molar-refractivity contribution in [1.82, 2.24) is 4.90 Å². The Morgan fingerprint density at radius 1 is 1.11 bits per heavy atom. The molecular weight excluding hydrogens is 500 g/mol. The zero-order valence-electron chi connectivity index (χ0n) is 20.0. The van der Waals surface area contributed by atoms with Crippen LogP contribution in [0.5, 0.6) is 5.75 Å². The summed E-state index contributed by atoms with van der Waals surface area (Å²) in [4.78, 5) is 29.7. The molecule has 9 heteroatoms. The molecule has 3 aromatic rings. The Hall–Kier alpha value is -3.20. The molecule has 0 radical (unpaired) electrons. The predicted molar refractivity (Wildman–Crippen MR) is 141 cm³/mol. The summed E-state index contributed by atoms with van der Waals surface area (Å²) in [6.07, 6.45) is -1.80. The van der Waals surface area contributed by atoms with Gasteiger partial charge >= 0.3 is 6.09 Å². The lowest BCUT2D eigenvalue weighted by Gasteiger charge is -2.27. The minimum absolute atomic E-state index is 0.160. The second kappa shape index (κ2) is 11.7. The average molecular weight is 527 g/mol. The fourth-order valence-electron chi connectivity index (χ4n) is 3.86. The number of ether oxygens (including phenoxy) is 2. The summed E-state index contributed by atoms with van der Waals surface area (Å²) in [5, 5.41) is 11.1. The third-order valence-corrected chi connectivity index (χ3v) is 7.49. The van der Waals surface area contributed by atoms with Gasteiger partial charge in [0.2, 0.25) is 0 Å². The largest absolute Gasteiger partial charge is 0.497 e. The van der Waals surface area contributed by atoms with Gasteiger partial charge < -0.3 is 24.4 Å². The summed E-state index contributed by atoms with van der Waals surface area (Å²) < 4.78 is 10.6. The van der Waals surface area contributed by atoms with Gasteiger partial charge in [0.1, 0.15) is 18.5 Å². The molecule has 7 nitrogen and oxygen atoms in total. The number of rotatable bonds is 7. The lowest BCUT2D eigenvalue weighted by Crippen LogP contribution is -2.44. The van der Waals surface area contributed by atoms with Crippen LogP contribution in [0.2, 0.25) is 5.02 Å². The number of halogens is 1. The van der Waals surface area contributed by atoms with Gasteiger partial charge in [0.15, 0.2) is 0 Å². The molecule has 0 aliphatic carbocycles. The summed E-state index contributed by atoms with van der Waals surface area (Å²) in [7, 11) is 3.20. The number of amides is 2. The Kier molecular flexibility index (Phi) is 8.40. The van der Waals surface area contributed by atoms with Crippen LogP contribution in [0.25, 0.3) is 0 Å². The third kappa shape index (κ3) is 5.95. The van der Waals surface area contributed by atoms with Crippen molar-refractivity contribution in [3.8, 4) is 5.75 Å². The van der Waals surface area contributed by atoms with E-state index in [1.54, 1.807) is 44.5 Å². The van der Waals surface area contributed by atoms with Gasteiger partial charge in [0, 0.05) is 30.1 Å². The van der Waals surface area contributed by atoms with Crippen molar-refractivity contribution in [2.24, 2.45) is 0 Å². The molecule has 188 valence electrons. The number of fused-ring (bicyclic) bond motifs is 1. The van der Waals surface area contributed by atoms with Crippen molar-refractivity contribution in [1.29, 1.82) is 0 Å². The molecule has 2 amide bonds. The number of thioether (sulfide) groups is 1. The third-order valence-electron chi connectivity index (χ3n) is 5.89. The molecule has 0 bridgehead atoms. The Labute approximate surface area is 219 Å². The minimum atomic E-state index is -1.30. The smallest absolute Gasteiger partial charge is 0.409 e. The lowest BCUT2D eigenvalue weighted by molar-refractivity contribution is -0.126. The van der Waals surface area contributed by atoms with Crippen LogP contribution in [0.4, 0.5) is 10.5 Å². The maximum absolute atomic E-state index is 13.5. The fourth-order valence-corrected chi connectivity index (χ4v) is 5.40. The molecule has 1 heterocycles. The van der Waals surface area contributed by atoms with Crippen LogP contribution < -0.4 is 9.64 Å². The normalized spacial score (nSPS) is 17.2. The Morgan fingerprint density at radius 2 is 1.83 bits per heavy atom. The second-order valence-electron chi connectivity index (χ2n) is 8.32. The highest BCUT2D eigenvalue weighted by Crippen LogP contribution is 2.46. The van der Waals surface area contributed by atoms with E-state index in [4.69, 9.17) is 21.1 Å². The summed E-state index contributed by atoms with van der Waals surface area (Å²) >= 11 is 7.65. The predicted octanol–water partition coefficient (Wildman–Crippen LogP) is 5.16. The number of hydrogen-bond donors (Lipinski definition) is 1. The number of aliphatic hydroxyl groups is 1. The van der Waals surface area contributed by atoms with Crippen molar-refractivity contribution in [3.63, 3.8) is 0 Å². The van der Waals surface area contributed by atoms with Gasteiger partial charge in [-0.3, -0.25) is 4.79 Å². The number of hydrogen-bond acceptors (Lipinski definition) is 6. The average Bonchev–Trinajstić information content (AvgIpc) is 3.00. The number of nitrogens with zero attached hydrogens (tertiary/aromatic N) is 2. The van der Waals surface area contributed by atoms with Gasteiger partial charge in [0.25, 0.3) is 5.91 Å². The Balaban J connectivity index is 1.50.